The number of likely N-dealkylation sites (tertiary alicyclic amines) is 1. The van der Waals surface area contributed by atoms with Crippen molar-refractivity contribution < 1.29 is 14.3 Å². The molecule has 0 aromatic heterocycles. The molecule has 164 valence electrons. The number of carbonyl (C=O) groups excluding carboxylic acids is 2. The number of methoxy groups -OCH3 is 1. The smallest absolute Gasteiger partial charge is 0.227 e. The van der Waals surface area contributed by atoms with E-state index in [1.54, 1.807) is 12.0 Å². The van der Waals surface area contributed by atoms with Crippen LogP contribution in [0.15, 0.2) is 78.9 Å². The fourth-order valence-electron chi connectivity index (χ4n) is 4.58. The summed E-state index contributed by atoms with van der Waals surface area (Å²) in [5.41, 5.74) is 9.25. The minimum Gasteiger partial charge on any atom is -0.496 e. The van der Waals surface area contributed by atoms with E-state index in [9.17, 15) is 9.59 Å². The first-order chi connectivity index (χ1) is 15.5. The number of amides is 2. The van der Waals surface area contributed by atoms with Crippen LogP contribution in [0.3, 0.4) is 0 Å². The Morgan fingerprint density at radius 1 is 0.938 bits per heavy atom. The Kier molecular flexibility index (Phi) is 6.26. The molecule has 0 aliphatic carbocycles. The molecule has 0 saturated carbocycles. The highest BCUT2D eigenvalue weighted by Crippen LogP contribution is 2.37. The Morgan fingerprint density at radius 3 is 2.31 bits per heavy atom. The monoisotopic (exact) mass is 428 g/mol. The second-order valence-electron chi connectivity index (χ2n) is 8.40. The van der Waals surface area contributed by atoms with Gasteiger partial charge in [0.25, 0.3) is 0 Å². The van der Waals surface area contributed by atoms with E-state index in [4.69, 9.17) is 10.5 Å². The van der Waals surface area contributed by atoms with E-state index in [0.29, 0.717) is 31.7 Å². The third kappa shape index (κ3) is 4.37. The molecule has 0 bridgehead atoms. The average molecular weight is 429 g/mol. The highest BCUT2D eigenvalue weighted by Gasteiger charge is 2.45. The topological polar surface area (TPSA) is 72.6 Å². The quantitative estimate of drug-likeness (QED) is 0.621. The lowest BCUT2D eigenvalue weighted by Crippen LogP contribution is -2.43. The number of ether oxygens (including phenoxy) is 1. The summed E-state index contributed by atoms with van der Waals surface area (Å²) in [6.07, 6.45) is 1.30. The maximum Gasteiger partial charge on any atom is 0.227 e. The fraction of sp³-hybridized carbons (Fsp3) is 0.259. The Bertz CT molecular complexity index is 1110. The summed E-state index contributed by atoms with van der Waals surface area (Å²) in [6, 6.07) is 25.7. The van der Waals surface area contributed by atoms with Crippen molar-refractivity contribution in [2.45, 2.75) is 19.3 Å². The zero-order valence-corrected chi connectivity index (χ0v) is 18.3. The number of hydrogen-bond donors (Lipinski definition) is 1. The van der Waals surface area contributed by atoms with Gasteiger partial charge in [-0.1, -0.05) is 72.8 Å². The number of carbonyl (C=O) groups is 2. The van der Waals surface area contributed by atoms with Crippen molar-refractivity contribution in [3.05, 3.63) is 90.0 Å². The van der Waals surface area contributed by atoms with Gasteiger partial charge in [0.15, 0.2) is 0 Å². The standard InChI is InChI=1S/C27H28N2O3/c1-32-24-14-8-6-11-21(24)17-25(30)29-16-15-27(19-29,26(28)31)18-22-12-5-7-13-23(22)20-9-3-2-4-10-20/h2-14H,15-19H2,1H3,(H2,28,31). The lowest BCUT2D eigenvalue weighted by Gasteiger charge is -2.27. The fourth-order valence-corrected chi connectivity index (χ4v) is 4.58. The van der Waals surface area contributed by atoms with Crippen LogP contribution in [0, 0.1) is 5.41 Å². The molecule has 1 aliphatic rings. The zero-order chi connectivity index (χ0) is 22.6. The van der Waals surface area contributed by atoms with Crippen LogP contribution in [0.5, 0.6) is 5.75 Å². The Morgan fingerprint density at radius 2 is 1.59 bits per heavy atom. The molecule has 4 rings (SSSR count). The van der Waals surface area contributed by atoms with Gasteiger partial charge in [0, 0.05) is 18.7 Å². The number of nitrogens with zero attached hydrogens (tertiary/aromatic N) is 1. The van der Waals surface area contributed by atoms with Gasteiger partial charge in [-0.2, -0.15) is 0 Å². The third-order valence-corrected chi connectivity index (χ3v) is 6.39. The molecule has 1 unspecified atom stereocenters. The van der Waals surface area contributed by atoms with Crippen molar-refractivity contribution in [2.75, 3.05) is 20.2 Å². The van der Waals surface area contributed by atoms with Crippen LogP contribution in [0.25, 0.3) is 11.1 Å². The molecule has 2 amide bonds. The van der Waals surface area contributed by atoms with Crippen molar-refractivity contribution in [3.8, 4) is 16.9 Å². The van der Waals surface area contributed by atoms with Gasteiger partial charge >= 0.3 is 0 Å². The van der Waals surface area contributed by atoms with Gasteiger partial charge in [-0.3, -0.25) is 9.59 Å². The number of rotatable bonds is 7. The van der Waals surface area contributed by atoms with E-state index in [2.05, 4.69) is 18.2 Å². The van der Waals surface area contributed by atoms with Crippen LogP contribution in [-0.2, 0) is 22.4 Å². The second-order valence-corrected chi connectivity index (χ2v) is 8.40. The summed E-state index contributed by atoms with van der Waals surface area (Å²) in [6.45, 7) is 0.851. The molecule has 5 heteroatoms. The SMILES string of the molecule is COc1ccccc1CC(=O)N1CCC(Cc2ccccc2-c2ccccc2)(C(N)=O)C1. The molecule has 32 heavy (non-hydrogen) atoms. The summed E-state index contributed by atoms with van der Waals surface area (Å²) in [4.78, 5) is 27.5. The summed E-state index contributed by atoms with van der Waals surface area (Å²) < 4.78 is 5.38. The van der Waals surface area contributed by atoms with Crippen molar-refractivity contribution in [3.63, 3.8) is 0 Å². The van der Waals surface area contributed by atoms with Crippen molar-refractivity contribution in [2.24, 2.45) is 11.1 Å². The molecule has 1 aliphatic heterocycles. The van der Waals surface area contributed by atoms with Crippen LogP contribution in [0.1, 0.15) is 17.5 Å². The van der Waals surface area contributed by atoms with E-state index < -0.39 is 5.41 Å². The number of para-hydroxylation sites is 1. The van der Waals surface area contributed by atoms with Crippen LogP contribution >= 0.6 is 0 Å². The first-order valence-electron chi connectivity index (χ1n) is 10.9. The number of primary amides is 1. The molecular formula is C27H28N2O3. The molecular weight excluding hydrogens is 400 g/mol. The van der Waals surface area contributed by atoms with Crippen LogP contribution in [-0.4, -0.2) is 36.9 Å². The Labute approximate surface area is 188 Å². The summed E-state index contributed by atoms with van der Waals surface area (Å²) in [7, 11) is 1.60. The van der Waals surface area contributed by atoms with Crippen LogP contribution in [0.2, 0.25) is 0 Å². The summed E-state index contributed by atoms with van der Waals surface area (Å²) in [5.74, 6) is 0.319. The van der Waals surface area contributed by atoms with Gasteiger partial charge in [-0.15, -0.1) is 0 Å². The maximum atomic E-state index is 13.1. The first-order valence-corrected chi connectivity index (χ1v) is 10.9. The molecule has 1 fully saturated rings. The molecule has 2 N–H and O–H groups in total. The number of benzene rings is 3. The van der Waals surface area contributed by atoms with E-state index in [1.807, 2.05) is 60.7 Å². The van der Waals surface area contributed by atoms with Gasteiger partial charge in [0.1, 0.15) is 5.75 Å². The Balaban J connectivity index is 1.55. The number of nitrogens with two attached hydrogens (primary N) is 1. The predicted octanol–water partition coefficient (Wildman–Crippen LogP) is 3.85. The third-order valence-electron chi connectivity index (χ3n) is 6.39. The highest BCUT2D eigenvalue weighted by atomic mass is 16.5. The minimum atomic E-state index is -0.776. The van der Waals surface area contributed by atoms with Gasteiger partial charge in [0.05, 0.1) is 18.9 Å². The largest absolute Gasteiger partial charge is 0.496 e. The predicted molar refractivity (Wildman–Crippen MR) is 125 cm³/mol. The molecule has 1 atom stereocenters. The molecule has 5 nitrogen and oxygen atoms in total. The van der Waals surface area contributed by atoms with Crippen molar-refractivity contribution in [1.29, 1.82) is 0 Å². The van der Waals surface area contributed by atoms with Crippen molar-refractivity contribution in [1.82, 2.24) is 4.90 Å². The van der Waals surface area contributed by atoms with Gasteiger partial charge < -0.3 is 15.4 Å². The van der Waals surface area contributed by atoms with Crippen molar-refractivity contribution >= 4 is 11.8 Å². The number of hydrogen-bond acceptors (Lipinski definition) is 3. The molecule has 0 spiro atoms. The lowest BCUT2D eigenvalue weighted by atomic mass is 9.78. The minimum absolute atomic E-state index is 0.0195. The zero-order valence-electron chi connectivity index (χ0n) is 18.3. The van der Waals surface area contributed by atoms with Gasteiger partial charge in [-0.05, 0) is 35.6 Å². The summed E-state index contributed by atoms with van der Waals surface area (Å²) in [5, 5.41) is 0. The molecule has 3 aromatic carbocycles. The van der Waals surface area contributed by atoms with E-state index in [0.717, 1.165) is 22.3 Å². The molecule has 3 aromatic rings. The van der Waals surface area contributed by atoms with E-state index >= 15 is 0 Å². The van der Waals surface area contributed by atoms with E-state index in [1.165, 1.54) is 0 Å². The van der Waals surface area contributed by atoms with Crippen LogP contribution in [0.4, 0.5) is 0 Å². The van der Waals surface area contributed by atoms with E-state index in [-0.39, 0.29) is 18.2 Å². The second kappa shape index (κ2) is 9.27. The first kappa shape index (κ1) is 21.6. The van der Waals surface area contributed by atoms with Gasteiger partial charge in [-0.25, -0.2) is 0 Å². The molecule has 0 radical (unpaired) electrons. The molecule has 1 saturated heterocycles. The van der Waals surface area contributed by atoms with Crippen LogP contribution < -0.4 is 10.5 Å². The van der Waals surface area contributed by atoms with Gasteiger partial charge in [0.2, 0.25) is 11.8 Å². The summed E-state index contributed by atoms with van der Waals surface area (Å²) >= 11 is 0. The highest BCUT2D eigenvalue weighted by molar-refractivity contribution is 5.85. The average Bonchev–Trinajstić information content (AvgIpc) is 3.26. The Hall–Kier alpha value is -3.60. The molecule has 1 heterocycles. The lowest BCUT2D eigenvalue weighted by molar-refractivity contribution is -0.131. The normalized spacial score (nSPS) is 17.8. The maximum absolute atomic E-state index is 13.1.